The number of ketones is 1. The number of aromatic amines is 1. The van der Waals surface area contributed by atoms with Crippen LogP contribution in [0.5, 0.6) is 0 Å². The molecule has 1 aromatic rings. The Morgan fingerprint density at radius 2 is 2.20 bits per heavy atom. The molecule has 20 heavy (non-hydrogen) atoms. The summed E-state index contributed by atoms with van der Waals surface area (Å²) in [7, 11) is 1.65. The number of hydrogen-bond donors (Lipinski definition) is 2. The number of amides is 1. The highest BCUT2D eigenvalue weighted by atomic mass is 16.5. The fourth-order valence-corrected chi connectivity index (χ4v) is 2.70. The van der Waals surface area contributed by atoms with Crippen LogP contribution in [-0.4, -0.2) is 36.9 Å². The van der Waals surface area contributed by atoms with Crippen molar-refractivity contribution in [1.82, 2.24) is 10.3 Å². The minimum absolute atomic E-state index is 0.145. The second kappa shape index (κ2) is 6.22. The highest BCUT2D eigenvalue weighted by Gasteiger charge is 2.26. The molecular weight excluding hydrogens is 256 g/mol. The van der Waals surface area contributed by atoms with Gasteiger partial charge in [0.1, 0.15) is 5.69 Å². The van der Waals surface area contributed by atoms with Crippen molar-refractivity contribution in [2.45, 2.75) is 33.1 Å². The van der Waals surface area contributed by atoms with E-state index in [-0.39, 0.29) is 17.6 Å². The van der Waals surface area contributed by atoms with E-state index in [2.05, 4.69) is 10.3 Å². The molecule has 1 aliphatic carbocycles. The summed E-state index contributed by atoms with van der Waals surface area (Å²) < 4.78 is 5.04. The van der Waals surface area contributed by atoms with E-state index in [0.29, 0.717) is 25.3 Å². The molecule has 5 nitrogen and oxygen atoms in total. The summed E-state index contributed by atoms with van der Waals surface area (Å²) in [5, 5.41) is 2.89. The molecule has 2 N–H and O–H groups in total. The molecule has 0 radical (unpaired) electrons. The Morgan fingerprint density at radius 3 is 2.85 bits per heavy atom. The SMILES string of the molecule is COC[C@H](C)CNC(=O)c1[nH]c2c(c1C)C(=O)CCC2. The van der Waals surface area contributed by atoms with E-state index in [4.69, 9.17) is 4.74 Å². The van der Waals surface area contributed by atoms with Gasteiger partial charge in [-0.1, -0.05) is 6.92 Å². The third kappa shape index (κ3) is 2.93. The number of hydrogen-bond acceptors (Lipinski definition) is 3. The molecule has 1 atom stereocenters. The van der Waals surface area contributed by atoms with Gasteiger partial charge in [0.25, 0.3) is 5.91 Å². The third-order valence-electron chi connectivity index (χ3n) is 3.73. The summed E-state index contributed by atoms with van der Waals surface area (Å²) >= 11 is 0. The normalized spacial score (nSPS) is 15.8. The number of rotatable bonds is 5. The van der Waals surface area contributed by atoms with Crippen LogP contribution in [0.25, 0.3) is 0 Å². The molecule has 1 aliphatic rings. The Hall–Kier alpha value is -1.62. The predicted molar refractivity (Wildman–Crippen MR) is 76.2 cm³/mol. The van der Waals surface area contributed by atoms with Crippen LogP contribution in [0.1, 0.15) is 51.9 Å². The van der Waals surface area contributed by atoms with Crippen LogP contribution in [-0.2, 0) is 11.2 Å². The molecule has 1 amide bonds. The van der Waals surface area contributed by atoms with Crippen LogP contribution in [0.15, 0.2) is 0 Å². The molecule has 0 unspecified atom stereocenters. The molecule has 0 saturated carbocycles. The zero-order valence-electron chi connectivity index (χ0n) is 12.3. The van der Waals surface area contributed by atoms with Crippen molar-refractivity contribution in [3.8, 4) is 0 Å². The molecule has 1 heterocycles. The van der Waals surface area contributed by atoms with E-state index >= 15 is 0 Å². The average Bonchev–Trinajstić information content (AvgIpc) is 2.75. The Balaban J connectivity index is 2.09. The lowest BCUT2D eigenvalue weighted by Gasteiger charge is -2.11. The molecule has 0 spiro atoms. The topological polar surface area (TPSA) is 71.2 Å². The number of carbonyl (C=O) groups is 2. The number of Topliss-reactive ketones (excluding diaryl/α,β-unsaturated/α-hetero) is 1. The maximum Gasteiger partial charge on any atom is 0.268 e. The Bertz CT molecular complexity index is 519. The summed E-state index contributed by atoms with van der Waals surface area (Å²) in [6, 6.07) is 0. The van der Waals surface area contributed by atoms with Crippen molar-refractivity contribution >= 4 is 11.7 Å². The number of carbonyl (C=O) groups excluding carboxylic acids is 2. The zero-order valence-corrected chi connectivity index (χ0v) is 12.3. The maximum absolute atomic E-state index is 12.2. The van der Waals surface area contributed by atoms with Crippen LogP contribution >= 0.6 is 0 Å². The summed E-state index contributed by atoms with van der Waals surface area (Å²) in [5.74, 6) is 0.259. The van der Waals surface area contributed by atoms with Crippen molar-refractivity contribution in [2.75, 3.05) is 20.3 Å². The van der Waals surface area contributed by atoms with Gasteiger partial charge in [0.05, 0.1) is 6.61 Å². The third-order valence-corrected chi connectivity index (χ3v) is 3.73. The molecule has 0 aromatic carbocycles. The van der Waals surface area contributed by atoms with E-state index in [0.717, 1.165) is 29.7 Å². The van der Waals surface area contributed by atoms with E-state index in [1.807, 2.05) is 13.8 Å². The number of H-pyrrole nitrogens is 1. The molecule has 1 aromatic heterocycles. The smallest absolute Gasteiger partial charge is 0.268 e. The summed E-state index contributed by atoms with van der Waals surface area (Å²) in [5.41, 5.74) is 2.94. The predicted octanol–water partition coefficient (Wildman–Crippen LogP) is 1.85. The van der Waals surface area contributed by atoms with Crippen molar-refractivity contribution in [2.24, 2.45) is 5.92 Å². The van der Waals surface area contributed by atoms with Crippen LogP contribution in [0.4, 0.5) is 0 Å². The van der Waals surface area contributed by atoms with E-state index < -0.39 is 0 Å². The lowest BCUT2D eigenvalue weighted by molar-refractivity contribution is 0.0928. The fraction of sp³-hybridized carbons (Fsp3) is 0.600. The maximum atomic E-state index is 12.2. The fourth-order valence-electron chi connectivity index (χ4n) is 2.70. The van der Waals surface area contributed by atoms with Gasteiger partial charge in [-0.3, -0.25) is 9.59 Å². The highest BCUT2D eigenvalue weighted by Crippen LogP contribution is 2.26. The van der Waals surface area contributed by atoms with Crippen molar-refractivity contribution < 1.29 is 14.3 Å². The lowest BCUT2D eigenvalue weighted by atomic mass is 9.94. The Kier molecular flexibility index (Phi) is 4.60. The number of aryl methyl sites for hydroxylation is 1. The van der Waals surface area contributed by atoms with Gasteiger partial charge in [-0.2, -0.15) is 0 Å². The first-order valence-corrected chi connectivity index (χ1v) is 7.06. The second-order valence-corrected chi connectivity index (χ2v) is 5.53. The van der Waals surface area contributed by atoms with E-state index in [9.17, 15) is 9.59 Å². The van der Waals surface area contributed by atoms with Gasteiger partial charge in [0, 0.05) is 31.3 Å². The Morgan fingerprint density at radius 1 is 1.45 bits per heavy atom. The molecular formula is C15H22N2O3. The highest BCUT2D eigenvalue weighted by molar-refractivity contribution is 6.04. The van der Waals surface area contributed by atoms with Gasteiger partial charge in [0.15, 0.2) is 5.78 Å². The minimum atomic E-state index is -0.146. The van der Waals surface area contributed by atoms with Crippen LogP contribution in [0.3, 0.4) is 0 Å². The van der Waals surface area contributed by atoms with Gasteiger partial charge < -0.3 is 15.0 Å². The van der Waals surface area contributed by atoms with E-state index in [1.165, 1.54) is 0 Å². The van der Waals surface area contributed by atoms with Crippen molar-refractivity contribution in [3.05, 3.63) is 22.5 Å². The number of ether oxygens (including phenoxy) is 1. The first kappa shape index (κ1) is 14.8. The number of aromatic nitrogens is 1. The lowest BCUT2D eigenvalue weighted by Crippen LogP contribution is -2.30. The molecule has 2 rings (SSSR count). The van der Waals surface area contributed by atoms with Crippen LogP contribution in [0, 0.1) is 12.8 Å². The number of methoxy groups -OCH3 is 1. The zero-order chi connectivity index (χ0) is 14.7. The van der Waals surface area contributed by atoms with Gasteiger partial charge in [-0.15, -0.1) is 0 Å². The summed E-state index contributed by atoms with van der Waals surface area (Å²) in [6.07, 6.45) is 2.28. The molecule has 0 aliphatic heterocycles. The molecule has 5 heteroatoms. The Labute approximate surface area is 119 Å². The van der Waals surface area contributed by atoms with Gasteiger partial charge in [-0.25, -0.2) is 0 Å². The average molecular weight is 278 g/mol. The second-order valence-electron chi connectivity index (χ2n) is 5.53. The van der Waals surface area contributed by atoms with E-state index in [1.54, 1.807) is 7.11 Å². The molecule has 0 fully saturated rings. The van der Waals surface area contributed by atoms with Crippen LogP contribution < -0.4 is 5.32 Å². The van der Waals surface area contributed by atoms with Crippen molar-refractivity contribution in [3.63, 3.8) is 0 Å². The van der Waals surface area contributed by atoms with Gasteiger partial charge in [-0.05, 0) is 31.2 Å². The quantitative estimate of drug-likeness (QED) is 0.863. The molecule has 0 bridgehead atoms. The molecule has 0 saturated heterocycles. The van der Waals surface area contributed by atoms with Gasteiger partial charge in [0.2, 0.25) is 0 Å². The monoisotopic (exact) mass is 278 g/mol. The largest absolute Gasteiger partial charge is 0.384 e. The number of nitrogens with one attached hydrogen (secondary N) is 2. The van der Waals surface area contributed by atoms with Gasteiger partial charge >= 0.3 is 0 Å². The van der Waals surface area contributed by atoms with Crippen molar-refractivity contribution in [1.29, 1.82) is 0 Å². The summed E-state index contributed by atoms with van der Waals surface area (Å²) in [4.78, 5) is 27.3. The standard InChI is InChI=1S/C15H22N2O3/c1-9(8-20-3)7-16-15(19)14-10(2)13-11(17-14)5-4-6-12(13)18/h9,17H,4-8H2,1-3H3,(H,16,19)/t9-/m1/s1. The first-order chi connectivity index (χ1) is 9.54. The first-order valence-electron chi connectivity index (χ1n) is 7.06. The molecule has 110 valence electrons. The number of fused-ring (bicyclic) bond motifs is 1. The van der Waals surface area contributed by atoms with Crippen LogP contribution in [0.2, 0.25) is 0 Å². The summed E-state index contributed by atoms with van der Waals surface area (Å²) in [6.45, 7) is 5.02. The minimum Gasteiger partial charge on any atom is -0.384 e.